The second-order valence-electron chi connectivity index (χ2n) is 4.61. The summed E-state index contributed by atoms with van der Waals surface area (Å²) < 4.78 is 16.6. The van der Waals surface area contributed by atoms with Crippen LogP contribution in [0.3, 0.4) is 0 Å². The van der Waals surface area contributed by atoms with Crippen molar-refractivity contribution < 1.29 is 4.39 Å². The van der Waals surface area contributed by atoms with Gasteiger partial charge in [0, 0.05) is 35.2 Å². The molecule has 0 fully saturated rings. The van der Waals surface area contributed by atoms with Gasteiger partial charge in [0.1, 0.15) is 5.82 Å². The summed E-state index contributed by atoms with van der Waals surface area (Å²) >= 11 is 3.27. The van der Waals surface area contributed by atoms with E-state index >= 15 is 0 Å². The molecule has 19 heavy (non-hydrogen) atoms. The Kier molecular flexibility index (Phi) is 4.37. The predicted molar refractivity (Wildman–Crippen MR) is 77.5 cm³/mol. The van der Waals surface area contributed by atoms with E-state index in [-0.39, 0.29) is 11.9 Å². The molecule has 0 spiro atoms. The van der Waals surface area contributed by atoms with Gasteiger partial charge in [0.2, 0.25) is 0 Å². The van der Waals surface area contributed by atoms with Gasteiger partial charge < -0.3 is 5.32 Å². The van der Waals surface area contributed by atoms with E-state index in [9.17, 15) is 4.39 Å². The minimum atomic E-state index is -0.201. The van der Waals surface area contributed by atoms with Crippen LogP contribution < -0.4 is 5.32 Å². The van der Waals surface area contributed by atoms with E-state index in [0.29, 0.717) is 12.0 Å². The molecule has 1 aromatic carbocycles. The van der Waals surface area contributed by atoms with Gasteiger partial charge in [-0.3, -0.25) is 4.68 Å². The lowest BCUT2D eigenvalue weighted by Gasteiger charge is -2.17. The monoisotopic (exact) mass is 325 g/mol. The maximum absolute atomic E-state index is 14.0. The van der Waals surface area contributed by atoms with E-state index in [1.807, 2.05) is 43.9 Å². The Bertz CT molecular complexity index is 580. The third kappa shape index (κ3) is 3.22. The molecule has 0 saturated heterocycles. The fourth-order valence-corrected chi connectivity index (χ4v) is 2.55. The summed E-state index contributed by atoms with van der Waals surface area (Å²) in [7, 11) is 3.75. The summed E-state index contributed by atoms with van der Waals surface area (Å²) in [6.07, 6.45) is 0.701. The first kappa shape index (κ1) is 14.2. The zero-order valence-electron chi connectivity index (χ0n) is 11.2. The molecule has 102 valence electrons. The molecule has 0 bridgehead atoms. The van der Waals surface area contributed by atoms with E-state index in [2.05, 4.69) is 26.3 Å². The predicted octanol–water partition coefficient (Wildman–Crippen LogP) is 3.13. The van der Waals surface area contributed by atoms with Gasteiger partial charge in [0.25, 0.3) is 0 Å². The van der Waals surface area contributed by atoms with Crippen LogP contribution in [-0.4, -0.2) is 16.8 Å². The fourth-order valence-electron chi connectivity index (χ4n) is 2.22. The molecule has 0 amide bonds. The standard InChI is InChI=1S/C14H17BrFN3/c1-9-6-11(19(3)18-9)8-14(17-2)12-5-4-10(15)7-13(12)16/h4-7,14,17H,8H2,1-3H3. The van der Waals surface area contributed by atoms with E-state index in [1.54, 1.807) is 0 Å². The van der Waals surface area contributed by atoms with Gasteiger partial charge in [-0.25, -0.2) is 4.39 Å². The highest BCUT2D eigenvalue weighted by atomic mass is 79.9. The van der Waals surface area contributed by atoms with E-state index in [4.69, 9.17) is 0 Å². The maximum Gasteiger partial charge on any atom is 0.129 e. The second-order valence-corrected chi connectivity index (χ2v) is 5.53. The van der Waals surface area contributed by atoms with Crippen molar-refractivity contribution in [2.45, 2.75) is 19.4 Å². The first-order valence-corrected chi connectivity index (χ1v) is 6.92. The summed E-state index contributed by atoms with van der Waals surface area (Å²) in [6.45, 7) is 1.96. The Balaban J connectivity index is 2.27. The summed E-state index contributed by atoms with van der Waals surface area (Å²) in [6, 6.07) is 7.12. The molecule has 1 heterocycles. The molecular formula is C14H17BrFN3. The summed E-state index contributed by atoms with van der Waals surface area (Å²) in [5.41, 5.74) is 2.73. The highest BCUT2D eigenvalue weighted by molar-refractivity contribution is 9.10. The Hall–Kier alpha value is -1.20. The first-order chi connectivity index (χ1) is 9.01. The van der Waals surface area contributed by atoms with Crippen molar-refractivity contribution in [3.63, 3.8) is 0 Å². The SMILES string of the molecule is CNC(Cc1cc(C)nn1C)c1ccc(Br)cc1F. The Morgan fingerprint density at radius 1 is 1.42 bits per heavy atom. The molecule has 2 rings (SSSR count). The molecule has 1 unspecified atom stereocenters. The maximum atomic E-state index is 14.0. The van der Waals surface area contributed by atoms with Crippen molar-refractivity contribution in [3.05, 3.63) is 51.5 Å². The van der Waals surface area contributed by atoms with Crippen LogP contribution in [-0.2, 0) is 13.5 Å². The topological polar surface area (TPSA) is 29.9 Å². The minimum Gasteiger partial charge on any atom is -0.313 e. The summed E-state index contributed by atoms with van der Waals surface area (Å²) in [4.78, 5) is 0. The van der Waals surface area contributed by atoms with Crippen molar-refractivity contribution in [1.29, 1.82) is 0 Å². The van der Waals surface area contributed by atoms with Crippen LogP contribution in [0, 0.1) is 12.7 Å². The highest BCUT2D eigenvalue weighted by Crippen LogP contribution is 2.24. The van der Waals surface area contributed by atoms with Crippen LogP contribution in [0.4, 0.5) is 4.39 Å². The number of rotatable bonds is 4. The van der Waals surface area contributed by atoms with Crippen LogP contribution in [0.1, 0.15) is 23.0 Å². The molecule has 1 aromatic heterocycles. The van der Waals surface area contributed by atoms with E-state index < -0.39 is 0 Å². The lowest BCUT2D eigenvalue weighted by molar-refractivity contribution is 0.519. The number of nitrogens with zero attached hydrogens (tertiary/aromatic N) is 2. The zero-order chi connectivity index (χ0) is 14.0. The molecular weight excluding hydrogens is 309 g/mol. The van der Waals surface area contributed by atoms with Gasteiger partial charge in [0.15, 0.2) is 0 Å². The van der Waals surface area contributed by atoms with Gasteiger partial charge in [-0.1, -0.05) is 22.0 Å². The highest BCUT2D eigenvalue weighted by Gasteiger charge is 2.16. The number of aryl methyl sites for hydroxylation is 2. The summed E-state index contributed by atoms with van der Waals surface area (Å²) in [5.74, 6) is -0.201. The molecule has 2 aromatic rings. The number of likely N-dealkylation sites (N-methyl/N-ethyl adjacent to an activating group) is 1. The number of benzene rings is 1. The number of hydrogen-bond donors (Lipinski definition) is 1. The quantitative estimate of drug-likeness (QED) is 0.935. The van der Waals surface area contributed by atoms with E-state index in [1.165, 1.54) is 6.07 Å². The van der Waals surface area contributed by atoms with Crippen molar-refractivity contribution in [1.82, 2.24) is 15.1 Å². The van der Waals surface area contributed by atoms with Gasteiger partial charge in [-0.05, 0) is 32.2 Å². The van der Waals surface area contributed by atoms with Crippen LogP contribution in [0.25, 0.3) is 0 Å². The lowest BCUT2D eigenvalue weighted by atomic mass is 10.0. The van der Waals surface area contributed by atoms with Crippen molar-refractivity contribution in [2.24, 2.45) is 7.05 Å². The smallest absolute Gasteiger partial charge is 0.129 e. The van der Waals surface area contributed by atoms with Crippen molar-refractivity contribution in [3.8, 4) is 0 Å². The largest absolute Gasteiger partial charge is 0.313 e. The van der Waals surface area contributed by atoms with Crippen LogP contribution in [0.15, 0.2) is 28.7 Å². The third-order valence-corrected chi connectivity index (χ3v) is 3.69. The van der Waals surface area contributed by atoms with Crippen LogP contribution >= 0.6 is 15.9 Å². The lowest BCUT2D eigenvalue weighted by Crippen LogP contribution is -2.21. The number of halogens is 2. The fraction of sp³-hybridized carbons (Fsp3) is 0.357. The number of aromatic nitrogens is 2. The van der Waals surface area contributed by atoms with Crippen molar-refractivity contribution in [2.75, 3.05) is 7.05 Å². The van der Waals surface area contributed by atoms with Gasteiger partial charge in [-0.15, -0.1) is 0 Å². The minimum absolute atomic E-state index is 0.0668. The molecule has 0 aliphatic rings. The first-order valence-electron chi connectivity index (χ1n) is 6.13. The molecule has 1 N–H and O–H groups in total. The Labute approximate surface area is 121 Å². The normalized spacial score (nSPS) is 12.7. The van der Waals surface area contributed by atoms with Gasteiger partial charge >= 0.3 is 0 Å². The Morgan fingerprint density at radius 3 is 2.68 bits per heavy atom. The number of nitrogens with one attached hydrogen (secondary N) is 1. The molecule has 0 radical (unpaired) electrons. The van der Waals surface area contributed by atoms with Gasteiger partial charge in [-0.2, -0.15) is 5.10 Å². The Morgan fingerprint density at radius 2 is 2.16 bits per heavy atom. The molecule has 3 nitrogen and oxygen atoms in total. The molecule has 0 aliphatic heterocycles. The summed E-state index contributed by atoms with van der Waals surface area (Å²) in [5, 5.41) is 7.48. The zero-order valence-corrected chi connectivity index (χ0v) is 12.8. The van der Waals surface area contributed by atoms with E-state index in [0.717, 1.165) is 15.9 Å². The number of hydrogen-bond acceptors (Lipinski definition) is 2. The molecule has 0 saturated carbocycles. The second kappa shape index (κ2) is 5.84. The average molecular weight is 326 g/mol. The van der Waals surface area contributed by atoms with Crippen LogP contribution in [0.2, 0.25) is 0 Å². The van der Waals surface area contributed by atoms with Crippen molar-refractivity contribution >= 4 is 15.9 Å². The molecule has 1 atom stereocenters. The molecule has 5 heteroatoms. The van der Waals surface area contributed by atoms with Crippen LogP contribution in [0.5, 0.6) is 0 Å². The van der Waals surface area contributed by atoms with Gasteiger partial charge in [0.05, 0.1) is 5.69 Å². The average Bonchev–Trinajstić information content (AvgIpc) is 2.65. The third-order valence-electron chi connectivity index (χ3n) is 3.20. The molecule has 0 aliphatic carbocycles.